The van der Waals surface area contributed by atoms with Gasteiger partial charge in [0, 0.05) is 19.1 Å². The molecule has 0 aliphatic carbocycles. The summed E-state index contributed by atoms with van der Waals surface area (Å²) in [5.41, 5.74) is 0. The minimum atomic E-state index is -4.60. The maximum Gasteiger partial charge on any atom is 0.445 e. The van der Waals surface area contributed by atoms with Crippen molar-refractivity contribution in [3.8, 4) is 0 Å². The molecule has 1 fully saturated rings. The second-order valence-corrected chi connectivity index (χ2v) is 9.06. The monoisotopic (exact) mass is 401 g/mol. The number of piperidine rings is 1. The molecule has 1 aliphatic heterocycles. The number of sulfonamides is 1. The molecule has 0 unspecified atom stereocenters. The van der Waals surface area contributed by atoms with Crippen LogP contribution in [0.1, 0.15) is 31.7 Å². The smallest absolute Gasteiger partial charge is 0.324 e. The van der Waals surface area contributed by atoms with E-state index in [2.05, 4.69) is 20.2 Å². The van der Waals surface area contributed by atoms with E-state index in [1.54, 1.807) is 13.8 Å². The SMILES string of the molecule is CC(C)S(=O)(=O)NC1CCN(C(=O)Nc2nnc(C(F)(F)F)s2)CC1. The summed E-state index contributed by atoms with van der Waals surface area (Å²) in [6, 6.07) is -0.857. The standard InChI is InChI=1S/C12H18F3N5O3S2/c1-7(2)25(22,23)19-8-3-5-20(6-4-8)11(21)16-10-18-17-9(24-10)12(13,14)15/h7-8,19H,3-6H2,1-2H3,(H,16,18,21). The van der Waals surface area contributed by atoms with Gasteiger partial charge in [-0.05, 0) is 26.7 Å². The van der Waals surface area contributed by atoms with Crippen LogP contribution in [0.15, 0.2) is 0 Å². The number of halogens is 3. The van der Waals surface area contributed by atoms with Crippen LogP contribution in [-0.2, 0) is 16.2 Å². The maximum atomic E-state index is 12.5. The van der Waals surface area contributed by atoms with Gasteiger partial charge < -0.3 is 4.90 Å². The van der Waals surface area contributed by atoms with E-state index in [1.807, 2.05) is 0 Å². The molecule has 1 saturated heterocycles. The van der Waals surface area contributed by atoms with Crippen molar-refractivity contribution in [2.24, 2.45) is 0 Å². The summed E-state index contributed by atoms with van der Waals surface area (Å²) >= 11 is 0.246. The first-order chi connectivity index (χ1) is 11.5. The molecule has 13 heteroatoms. The molecule has 1 aliphatic rings. The molecule has 2 amide bonds. The van der Waals surface area contributed by atoms with Gasteiger partial charge in [-0.2, -0.15) is 13.2 Å². The molecule has 142 valence electrons. The lowest BCUT2D eigenvalue weighted by Crippen LogP contribution is -2.48. The van der Waals surface area contributed by atoms with E-state index in [0.717, 1.165) is 0 Å². The topological polar surface area (TPSA) is 104 Å². The second kappa shape index (κ2) is 7.41. The number of likely N-dealkylation sites (tertiary alicyclic amines) is 1. The van der Waals surface area contributed by atoms with Crippen LogP contribution in [-0.4, -0.2) is 53.9 Å². The number of urea groups is 1. The highest BCUT2D eigenvalue weighted by atomic mass is 32.2. The molecule has 25 heavy (non-hydrogen) atoms. The molecule has 0 atom stereocenters. The average Bonchev–Trinajstić information content (AvgIpc) is 2.96. The summed E-state index contributed by atoms with van der Waals surface area (Å²) in [5, 5.41) is 6.65. The largest absolute Gasteiger partial charge is 0.445 e. The number of carbonyl (C=O) groups is 1. The van der Waals surface area contributed by atoms with Gasteiger partial charge in [0.15, 0.2) is 0 Å². The van der Waals surface area contributed by atoms with Crippen molar-refractivity contribution < 1.29 is 26.4 Å². The third-order valence-electron chi connectivity index (χ3n) is 3.62. The van der Waals surface area contributed by atoms with Crippen LogP contribution >= 0.6 is 11.3 Å². The Hall–Kier alpha value is -1.47. The Bertz CT molecular complexity index is 712. The van der Waals surface area contributed by atoms with Gasteiger partial charge in [0.2, 0.25) is 20.2 Å². The van der Waals surface area contributed by atoms with Crippen LogP contribution < -0.4 is 10.0 Å². The highest BCUT2D eigenvalue weighted by molar-refractivity contribution is 7.90. The van der Waals surface area contributed by atoms with Gasteiger partial charge in [0.1, 0.15) is 0 Å². The zero-order valence-corrected chi connectivity index (χ0v) is 15.1. The summed E-state index contributed by atoms with van der Waals surface area (Å²) in [6.07, 6.45) is -3.76. The first-order valence-corrected chi connectivity index (χ1v) is 9.83. The number of nitrogens with one attached hydrogen (secondary N) is 2. The number of alkyl halides is 3. The van der Waals surface area contributed by atoms with Gasteiger partial charge >= 0.3 is 12.2 Å². The van der Waals surface area contributed by atoms with Gasteiger partial charge in [-0.15, -0.1) is 10.2 Å². The fraction of sp³-hybridized carbons (Fsp3) is 0.750. The van der Waals surface area contributed by atoms with Crippen LogP contribution in [0, 0.1) is 0 Å². The molecule has 0 radical (unpaired) electrons. The molecule has 2 N–H and O–H groups in total. The molecule has 0 saturated carbocycles. The third kappa shape index (κ3) is 5.25. The number of hydrogen-bond donors (Lipinski definition) is 2. The highest BCUT2D eigenvalue weighted by Gasteiger charge is 2.36. The van der Waals surface area contributed by atoms with Crippen LogP contribution in [0.25, 0.3) is 0 Å². The molecule has 2 rings (SSSR count). The van der Waals surface area contributed by atoms with Crippen LogP contribution in [0.3, 0.4) is 0 Å². The fourth-order valence-electron chi connectivity index (χ4n) is 2.13. The summed E-state index contributed by atoms with van der Waals surface area (Å²) in [7, 11) is -3.39. The second-order valence-electron chi connectivity index (χ2n) is 5.81. The first kappa shape index (κ1) is 19.8. The average molecular weight is 401 g/mol. The Morgan fingerprint density at radius 1 is 1.28 bits per heavy atom. The zero-order chi connectivity index (χ0) is 18.8. The predicted molar refractivity (Wildman–Crippen MR) is 85.7 cm³/mol. The normalized spacial score (nSPS) is 17.1. The summed E-state index contributed by atoms with van der Waals surface area (Å²) in [4.78, 5) is 13.5. The molecule has 0 aromatic carbocycles. The first-order valence-electron chi connectivity index (χ1n) is 7.47. The Labute approximate surface area is 146 Å². The molecular weight excluding hydrogens is 383 g/mol. The number of rotatable bonds is 4. The van der Waals surface area contributed by atoms with E-state index in [1.165, 1.54) is 4.90 Å². The van der Waals surface area contributed by atoms with Crippen LogP contribution in [0.4, 0.5) is 23.1 Å². The molecule has 1 aromatic rings. The molecule has 0 spiro atoms. The quantitative estimate of drug-likeness (QED) is 0.802. The molecule has 2 heterocycles. The van der Waals surface area contributed by atoms with Gasteiger partial charge in [-0.3, -0.25) is 5.32 Å². The van der Waals surface area contributed by atoms with E-state index in [0.29, 0.717) is 12.8 Å². The van der Waals surface area contributed by atoms with E-state index >= 15 is 0 Å². The number of hydrogen-bond acceptors (Lipinski definition) is 6. The van der Waals surface area contributed by atoms with Crippen LogP contribution in [0.5, 0.6) is 0 Å². The Morgan fingerprint density at radius 2 is 1.88 bits per heavy atom. The fourth-order valence-corrected chi connectivity index (χ4v) is 3.70. The number of aromatic nitrogens is 2. The molecule has 1 aromatic heterocycles. The minimum Gasteiger partial charge on any atom is -0.324 e. The molecular formula is C12H18F3N5O3S2. The Balaban J connectivity index is 1.86. The molecule has 8 nitrogen and oxygen atoms in total. The van der Waals surface area contributed by atoms with Gasteiger partial charge in [-0.1, -0.05) is 11.3 Å². The number of anilines is 1. The summed E-state index contributed by atoms with van der Waals surface area (Å²) < 4.78 is 63.6. The molecule has 0 bridgehead atoms. The van der Waals surface area contributed by atoms with E-state index < -0.39 is 32.5 Å². The Kier molecular flexibility index (Phi) is 5.89. The van der Waals surface area contributed by atoms with E-state index in [9.17, 15) is 26.4 Å². The van der Waals surface area contributed by atoms with Crippen LogP contribution in [0.2, 0.25) is 0 Å². The van der Waals surface area contributed by atoms with Crippen molar-refractivity contribution in [1.29, 1.82) is 0 Å². The van der Waals surface area contributed by atoms with E-state index in [-0.39, 0.29) is 35.6 Å². The lowest BCUT2D eigenvalue weighted by atomic mass is 10.1. The summed E-state index contributed by atoms with van der Waals surface area (Å²) in [5.74, 6) is 0. The lowest BCUT2D eigenvalue weighted by Gasteiger charge is -2.32. The van der Waals surface area contributed by atoms with Crippen molar-refractivity contribution >= 4 is 32.5 Å². The lowest BCUT2D eigenvalue weighted by molar-refractivity contribution is -0.138. The minimum absolute atomic E-state index is 0.236. The Morgan fingerprint density at radius 3 is 2.36 bits per heavy atom. The van der Waals surface area contributed by atoms with Gasteiger partial charge in [-0.25, -0.2) is 17.9 Å². The van der Waals surface area contributed by atoms with Crippen molar-refractivity contribution in [1.82, 2.24) is 19.8 Å². The van der Waals surface area contributed by atoms with Crippen molar-refractivity contribution in [2.45, 2.75) is 44.2 Å². The predicted octanol–water partition coefficient (Wildman–Crippen LogP) is 1.88. The zero-order valence-electron chi connectivity index (χ0n) is 13.5. The number of amides is 2. The van der Waals surface area contributed by atoms with Gasteiger partial charge in [0.05, 0.1) is 5.25 Å². The number of carbonyl (C=O) groups excluding carboxylic acids is 1. The van der Waals surface area contributed by atoms with Crippen molar-refractivity contribution in [3.63, 3.8) is 0 Å². The van der Waals surface area contributed by atoms with Crippen molar-refractivity contribution in [2.75, 3.05) is 18.4 Å². The van der Waals surface area contributed by atoms with E-state index in [4.69, 9.17) is 0 Å². The maximum absolute atomic E-state index is 12.5. The van der Waals surface area contributed by atoms with Crippen molar-refractivity contribution in [3.05, 3.63) is 5.01 Å². The third-order valence-corrected chi connectivity index (χ3v) is 6.40. The van der Waals surface area contributed by atoms with Gasteiger partial charge in [0.25, 0.3) is 0 Å². The highest BCUT2D eigenvalue weighted by Crippen LogP contribution is 2.33. The summed E-state index contributed by atoms with van der Waals surface area (Å²) in [6.45, 7) is 3.70. The number of nitrogens with zero attached hydrogens (tertiary/aromatic N) is 3.